The lowest BCUT2D eigenvalue weighted by Crippen LogP contribution is -2.48. The second-order valence-electron chi connectivity index (χ2n) is 8.16. The summed E-state index contributed by atoms with van der Waals surface area (Å²) < 4.78 is 39.9. The van der Waals surface area contributed by atoms with Crippen LogP contribution in [-0.2, 0) is 11.0 Å². The predicted octanol–water partition coefficient (Wildman–Crippen LogP) is 6.74. The Morgan fingerprint density at radius 2 is 1.64 bits per heavy atom. The number of anilines is 1. The average Bonchev–Trinajstić information content (AvgIpc) is 2.85. The van der Waals surface area contributed by atoms with Gasteiger partial charge in [0.05, 0.1) is 23.5 Å². The molecular weight excluding hydrogens is 487 g/mol. The van der Waals surface area contributed by atoms with Gasteiger partial charge in [-0.25, -0.2) is 0 Å². The van der Waals surface area contributed by atoms with E-state index in [0.29, 0.717) is 25.3 Å². The number of alkyl halides is 3. The van der Waals surface area contributed by atoms with Gasteiger partial charge in [-0.1, -0.05) is 65.1 Å². The fourth-order valence-electron chi connectivity index (χ4n) is 3.84. The molecule has 9 heteroatoms. The van der Waals surface area contributed by atoms with Crippen molar-refractivity contribution in [3.8, 4) is 0 Å². The Balaban J connectivity index is 0.00000120. The number of carboxylic acids is 1. The van der Waals surface area contributed by atoms with Gasteiger partial charge in [-0.15, -0.1) is 0 Å². The molecule has 2 aliphatic heterocycles. The Bertz CT molecular complexity index is 895. The summed E-state index contributed by atoms with van der Waals surface area (Å²) in [6.45, 7) is 20.3. The van der Waals surface area contributed by atoms with Crippen LogP contribution in [-0.4, -0.2) is 66.7 Å². The number of nitrogens with zero attached hydrogens (tertiary/aromatic N) is 3. The highest BCUT2D eigenvalue weighted by Crippen LogP contribution is 2.46. The first-order valence-electron chi connectivity index (χ1n) is 12.5. The van der Waals surface area contributed by atoms with E-state index in [4.69, 9.17) is 5.11 Å². The first kappa shape index (κ1) is 31.8. The van der Waals surface area contributed by atoms with Crippen LogP contribution in [0.2, 0.25) is 0 Å². The summed E-state index contributed by atoms with van der Waals surface area (Å²) in [4.78, 5) is 18.5. The maximum Gasteiger partial charge on any atom is 0.416 e. The van der Waals surface area contributed by atoms with Crippen molar-refractivity contribution in [3.63, 3.8) is 0 Å². The smallest absolute Gasteiger partial charge is 0.416 e. The molecule has 0 unspecified atom stereocenters. The molecule has 0 spiro atoms. The van der Waals surface area contributed by atoms with Crippen molar-refractivity contribution in [3.05, 3.63) is 59.7 Å². The molecule has 2 aliphatic rings. The lowest BCUT2D eigenvalue weighted by Gasteiger charge is -2.36. The number of hydrogen-bond donors (Lipinski definition) is 1. The number of piperazine rings is 1. The summed E-state index contributed by atoms with van der Waals surface area (Å²) in [5.74, 6) is -0.824. The van der Waals surface area contributed by atoms with Crippen LogP contribution in [0.25, 0.3) is 0 Å². The van der Waals surface area contributed by atoms with E-state index in [1.165, 1.54) is 30.3 Å². The van der Waals surface area contributed by atoms with Crippen molar-refractivity contribution in [2.75, 3.05) is 50.7 Å². The molecule has 2 heterocycles. The Labute approximate surface area is 218 Å². The molecule has 0 amide bonds. The highest BCUT2D eigenvalue weighted by molar-refractivity contribution is 8.03. The fourth-order valence-corrected chi connectivity index (χ4v) is 4.87. The number of thioether (sulfide) groups is 1. The number of carbonyl (C=O) groups is 1. The molecule has 1 N–H and O–H groups in total. The van der Waals surface area contributed by atoms with Gasteiger partial charge in [0.1, 0.15) is 0 Å². The van der Waals surface area contributed by atoms with Gasteiger partial charge in [-0.2, -0.15) is 13.2 Å². The number of allylic oxidation sites excluding steroid dienone is 2. The zero-order valence-corrected chi connectivity index (χ0v) is 22.7. The maximum absolute atomic E-state index is 13.3. The number of hydrogen-bond acceptors (Lipinski definition) is 5. The van der Waals surface area contributed by atoms with Crippen LogP contribution >= 0.6 is 11.8 Å². The normalized spacial score (nSPS) is 16.2. The van der Waals surface area contributed by atoms with E-state index >= 15 is 0 Å². The minimum Gasteiger partial charge on any atom is -0.480 e. The molecule has 1 aromatic rings. The van der Waals surface area contributed by atoms with Gasteiger partial charge in [-0.3, -0.25) is 9.69 Å². The molecule has 202 valence electrons. The van der Waals surface area contributed by atoms with Crippen LogP contribution in [0.5, 0.6) is 0 Å². The number of carboxylic acid groups (broad SMARTS) is 1. The SMILES string of the molecule is C=CC1=C(C=C)N(CCCN2CCN(CC(=O)O)CC2)c2cc(C(F)(F)F)ccc2S1.CC.CCC. The summed E-state index contributed by atoms with van der Waals surface area (Å²) in [6, 6.07) is 3.83. The number of fused-ring (bicyclic) bond motifs is 1. The van der Waals surface area contributed by atoms with Gasteiger partial charge in [0.2, 0.25) is 0 Å². The van der Waals surface area contributed by atoms with Crippen molar-refractivity contribution in [1.82, 2.24) is 9.80 Å². The standard InChI is InChI=1S/C22H26F3N3O2S.C3H8.C2H6/c1-3-17-19(4-2)31-20-7-6-16(22(23,24)25)14-18(20)28(17)9-5-8-26-10-12-27(13-11-26)15-21(29)30;1-3-2;1-2/h3-4,6-7,14H,1-2,5,8-13,15H2,(H,29,30);3H2,1-2H3;1-2H3. The average molecular weight is 528 g/mol. The third-order valence-corrected chi connectivity index (χ3v) is 6.56. The number of aliphatic carboxylic acids is 1. The third kappa shape index (κ3) is 9.33. The summed E-state index contributed by atoms with van der Waals surface area (Å²) in [5, 5.41) is 8.90. The number of halogens is 3. The zero-order chi connectivity index (χ0) is 27.3. The van der Waals surface area contributed by atoms with E-state index in [2.05, 4.69) is 31.9 Å². The molecule has 0 aliphatic carbocycles. The van der Waals surface area contributed by atoms with Gasteiger partial charge in [0.15, 0.2) is 0 Å². The molecule has 0 bridgehead atoms. The lowest BCUT2D eigenvalue weighted by molar-refractivity contribution is -0.139. The van der Waals surface area contributed by atoms with Crippen molar-refractivity contribution >= 4 is 23.4 Å². The van der Waals surface area contributed by atoms with Crippen molar-refractivity contribution in [2.45, 2.75) is 51.6 Å². The van der Waals surface area contributed by atoms with E-state index in [1.54, 1.807) is 12.2 Å². The highest BCUT2D eigenvalue weighted by Gasteiger charge is 2.33. The molecule has 0 atom stereocenters. The van der Waals surface area contributed by atoms with E-state index in [1.807, 2.05) is 23.6 Å². The van der Waals surface area contributed by atoms with Crippen molar-refractivity contribution in [1.29, 1.82) is 0 Å². The second-order valence-corrected chi connectivity index (χ2v) is 9.25. The topological polar surface area (TPSA) is 47.0 Å². The molecular formula is C27H40F3N3O2S. The summed E-state index contributed by atoms with van der Waals surface area (Å²) in [5.41, 5.74) is 0.626. The highest BCUT2D eigenvalue weighted by atomic mass is 32.2. The van der Waals surface area contributed by atoms with Gasteiger partial charge in [0, 0.05) is 42.5 Å². The third-order valence-electron chi connectivity index (χ3n) is 5.40. The predicted molar refractivity (Wildman–Crippen MR) is 145 cm³/mol. The Morgan fingerprint density at radius 1 is 1.06 bits per heavy atom. The fraction of sp³-hybridized carbons (Fsp3) is 0.519. The van der Waals surface area contributed by atoms with E-state index in [0.717, 1.165) is 47.6 Å². The van der Waals surface area contributed by atoms with Crippen LogP contribution in [0.1, 0.15) is 46.1 Å². The van der Waals surface area contributed by atoms with Crippen molar-refractivity contribution in [2.24, 2.45) is 0 Å². The van der Waals surface area contributed by atoms with Crippen LogP contribution < -0.4 is 4.90 Å². The van der Waals surface area contributed by atoms with E-state index in [-0.39, 0.29) is 6.54 Å². The van der Waals surface area contributed by atoms with Crippen LogP contribution in [0.15, 0.2) is 59.0 Å². The molecule has 5 nitrogen and oxygen atoms in total. The monoisotopic (exact) mass is 527 g/mol. The maximum atomic E-state index is 13.3. The summed E-state index contributed by atoms with van der Waals surface area (Å²) >= 11 is 1.40. The van der Waals surface area contributed by atoms with Gasteiger partial charge in [-0.05, 0) is 37.2 Å². The zero-order valence-electron chi connectivity index (χ0n) is 21.9. The summed E-state index contributed by atoms with van der Waals surface area (Å²) in [7, 11) is 0. The molecule has 0 radical (unpaired) electrons. The van der Waals surface area contributed by atoms with Crippen LogP contribution in [0.4, 0.5) is 18.9 Å². The summed E-state index contributed by atoms with van der Waals surface area (Å²) in [6.07, 6.45) is 0.966. The molecule has 0 saturated carbocycles. The van der Waals surface area contributed by atoms with Crippen LogP contribution in [0.3, 0.4) is 0 Å². The van der Waals surface area contributed by atoms with Crippen LogP contribution in [0, 0.1) is 0 Å². The van der Waals surface area contributed by atoms with E-state index < -0.39 is 17.7 Å². The minimum absolute atomic E-state index is 0.0510. The number of benzene rings is 1. The lowest BCUT2D eigenvalue weighted by atomic mass is 10.1. The molecule has 1 fully saturated rings. The Kier molecular flexibility index (Phi) is 13.9. The molecule has 1 saturated heterocycles. The molecule has 1 aromatic carbocycles. The number of rotatable bonds is 8. The first-order chi connectivity index (χ1) is 17.1. The van der Waals surface area contributed by atoms with E-state index in [9.17, 15) is 18.0 Å². The van der Waals surface area contributed by atoms with Gasteiger partial charge in [0.25, 0.3) is 0 Å². The quantitative estimate of drug-likeness (QED) is 0.404. The first-order valence-corrected chi connectivity index (χ1v) is 13.3. The molecule has 3 rings (SSSR count). The largest absolute Gasteiger partial charge is 0.480 e. The minimum atomic E-state index is -4.40. The Morgan fingerprint density at radius 3 is 2.14 bits per heavy atom. The Hall–Kier alpha value is -2.23. The second kappa shape index (κ2) is 15.8. The van der Waals surface area contributed by atoms with Gasteiger partial charge >= 0.3 is 12.1 Å². The molecule has 0 aromatic heterocycles. The molecule has 36 heavy (non-hydrogen) atoms. The van der Waals surface area contributed by atoms with Gasteiger partial charge < -0.3 is 14.9 Å². The van der Waals surface area contributed by atoms with Crippen molar-refractivity contribution < 1.29 is 23.1 Å².